The summed E-state index contributed by atoms with van der Waals surface area (Å²) in [7, 11) is 4.70. The van der Waals surface area contributed by atoms with Crippen molar-refractivity contribution in [1.29, 1.82) is 0 Å². The molecule has 1 unspecified atom stereocenters. The highest BCUT2D eigenvalue weighted by atomic mass is 16.5. The molecule has 0 amide bonds. The minimum Gasteiger partial charge on any atom is -0.497 e. The normalized spacial score (nSPS) is 11.9. The third-order valence-corrected chi connectivity index (χ3v) is 4.18. The first-order valence-corrected chi connectivity index (χ1v) is 8.15. The van der Waals surface area contributed by atoms with Crippen LogP contribution in [-0.2, 0) is 22.6 Å². The van der Waals surface area contributed by atoms with Gasteiger partial charge < -0.3 is 14.2 Å². The van der Waals surface area contributed by atoms with E-state index in [0.29, 0.717) is 13.1 Å². The molecule has 134 valence electrons. The summed E-state index contributed by atoms with van der Waals surface area (Å²) in [5, 5.41) is 0. The van der Waals surface area contributed by atoms with E-state index >= 15 is 0 Å². The Hall–Kier alpha value is -2.53. The van der Waals surface area contributed by atoms with Gasteiger partial charge in [0.05, 0.1) is 21.3 Å². The fraction of sp³-hybridized carbons (Fsp3) is 0.350. The number of ether oxygens (including phenoxy) is 3. The molecule has 2 aromatic carbocycles. The number of methoxy groups -OCH3 is 3. The van der Waals surface area contributed by atoms with E-state index < -0.39 is 0 Å². The molecule has 5 heteroatoms. The molecule has 0 aliphatic rings. The SMILES string of the molecule is COC(=O)C(C)N(Cc1ccc(OC)cc1)Cc1ccc(OC)cc1. The van der Waals surface area contributed by atoms with Crippen molar-refractivity contribution in [2.24, 2.45) is 0 Å². The first-order valence-electron chi connectivity index (χ1n) is 8.15. The van der Waals surface area contributed by atoms with E-state index in [1.807, 2.05) is 55.5 Å². The largest absolute Gasteiger partial charge is 0.497 e. The molecular weight excluding hydrogens is 318 g/mol. The van der Waals surface area contributed by atoms with Crippen molar-refractivity contribution >= 4 is 5.97 Å². The molecule has 0 aliphatic heterocycles. The van der Waals surface area contributed by atoms with E-state index in [0.717, 1.165) is 22.6 Å². The average Bonchev–Trinajstić information content (AvgIpc) is 2.67. The Morgan fingerprint density at radius 1 is 0.840 bits per heavy atom. The van der Waals surface area contributed by atoms with Crippen LogP contribution in [0.5, 0.6) is 11.5 Å². The molecule has 2 aromatic rings. The second-order valence-electron chi connectivity index (χ2n) is 5.80. The lowest BCUT2D eigenvalue weighted by molar-refractivity contribution is -0.146. The quantitative estimate of drug-likeness (QED) is 0.689. The molecule has 0 saturated carbocycles. The van der Waals surface area contributed by atoms with Gasteiger partial charge in [0.2, 0.25) is 0 Å². The number of esters is 1. The van der Waals surface area contributed by atoms with Crippen molar-refractivity contribution in [3.05, 3.63) is 59.7 Å². The maximum absolute atomic E-state index is 12.0. The highest BCUT2D eigenvalue weighted by Gasteiger charge is 2.22. The van der Waals surface area contributed by atoms with Crippen molar-refractivity contribution in [2.75, 3.05) is 21.3 Å². The lowest BCUT2D eigenvalue weighted by Gasteiger charge is -2.27. The summed E-state index contributed by atoms with van der Waals surface area (Å²) < 4.78 is 15.3. The van der Waals surface area contributed by atoms with Crippen LogP contribution < -0.4 is 9.47 Å². The maximum atomic E-state index is 12.0. The predicted octanol–water partition coefficient (Wildman–Crippen LogP) is 3.27. The van der Waals surface area contributed by atoms with Gasteiger partial charge in [-0.1, -0.05) is 24.3 Å². The molecule has 5 nitrogen and oxygen atoms in total. The number of carbonyl (C=O) groups is 1. The van der Waals surface area contributed by atoms with Crippen molar-refractivity contribution in [3.8, 4) is 11.5 Å². The molecule has 0 radical (unpaired) electrons. The fourth-order valence-corrected chi connectivity index (χ4v) is 2.58. The predicted molar refractivity (Wildman–Crippen MR) is 96.7 cm³/mol. The number of carbonyl (C=O) groups excluding carboxylic acids is 1. The Labute approximate surface area is 149 Å². The molecule has 0 saturated heterocycles. The van der Waals surface area contributed by atoms with Crippen LogP contribution >= 0.6 is 0 Å². The van der Waals surface area contributed by atoms with Gasteiger partial charge in [-0.3, -0.25) is 9.69 Å². The van der Waals surface area contributed by atoms with Gasteiger partial charge in [0, 0.05) is 13.1 Å². The first kappa shape index (κ1) is 18.8. The van der Waals surface area contributed by atoms with Crippen LogP contribution in [0.25, 0.3) is 0 Å². The number of rotatable bonds is 8. The Kier molecular flexibility index (Phi) is 6.83. The molecule has 0 aliphatic carbocycles. The number of hydrogen-bond donors (Lipinski definition) is 0. The van der Waals surface area contributed by atoms with E-state index in [-0.39, 0.29) is 12.0 Å². The van der Waals surface area contributed by atoms with Crippen LogP contribution in [0.15, 0.2) is 48.5 Å². The third kappa shape index (κ3) is 5.22. The van der Waals surface area contributed by atoms with Crippen molar-refractivity contribution in [2.45, 2.75) is 26.1 Å². The molecule has 1 atom stereocenters. The van der Waals surface area contributed by atoms with Gasteiger partial charge in [0.25, 0.3) is 0 Å². The zero-order valence-corrected chi connectivity index (χ0v) is 15.2. The van der Waals surface area contributed by atoms with Gasteiger partial charge >= 0.3 is 5.97 Å². The van der Waals surface area contributed by atoms with Crippen molar-refractivity contribution in [3.63, 3.8) is 0 Å². The highest BCUT2D eigenvalue weighted by molar-refractivity contribution is 5.75. The molecule has 0 heterocycles. The second-order valence-corrected chi connectivity index (χ2v) is 5.80. The summed E-state index contributed by atoms with van der Waals surface area (Å²) in [5.74, 6) is 1.37. The average molecular weight is 343 g/mol. The highest BCUT2D eigenvalue weighted by Crippen LogP contribution is 2.19. The number of benzene rings is 2. The number of nitrogens with zero attached hydrogens (tertiary/aromatic N) is 1. The maximum Gasteiger partial charge on any atom is 0.322 e. The summed E-state index contributed by atoms with van der Waals surface area (Å²) in [6, 6.07) is 15.3. The van der Waals surface area contributed by atoms with E-state index in [1.54, 1.807) is 14.2 Å². The Balaban J connectivity index is 2.17. The monoisotopic (exact) mass is 343 g/mol. The summed E-state index contributed by atoms with van der Waals surface area (Å²) in [6.07, 6.45) is 0. The fourth-order valence-electron chi connectivity index (χ4n) is 2.58. The standard InChI is InChI=1S/C20H25NO4/c1-15(20(22)25-4)21(13-16-5-9-18(23-2)10-6-16)14-17-7-11-19(24-3)12-8-17/h5-12,15H,13-14H2,1-4H3. The first-order chi connectivity index (χ1) is 12.1. The molecule has 0 aromatic heterocycles. The molecular formula is C20H25NO4. The Morgan fingerprint density at radius 2 is 1.24 bits per heavy atom. The van der Waals surface area contributed by atoms with Gasteiger partial charge in [-0.2, -0.15) is 0 Å². The summed E-state index contributed by atoms with van der Waals surface area (Å²) in [5.41, 5.74) is 2.20. The van der Waals surface area contributed by atoms with E-state index in [4.69, 9.17) is 14.2 Å². The Morgan fingerprint density at radius 3 is 1.56 bits per heavy atom. The molecule has 25 heavy (non-hydrogen) atoms. The van der Waals surface area contributed by atoms with E-state index in [9.17, 15) is 4.79 Å². The lowest BCUT2D eigenvalue weighted by atomic mass is 10.1. The summed E-state index contributed by atoms with van der Waals surface area (Å²) in [4.78, 5) is 14.1. The Bertz CT molecular complexity index is 618. The second kappa shape index (κ2) is 9.08. The molecule has 0 bridgehead atoms. The van der Waals surface area contributed by atoms with Crippen LogP contribution in [0.1, 0.15) is 18.1 Å². The summed E-state index contributed by atoms with van der Waals surface area (Å²) in [6.45, 7) is 3.12. The zero-order chi connectivity index (χ0) is 18.2. The van der Waals surface area contributed by atoms with Crippen LogP contribution in [0.4, 0.5) is 0 Å². The van der Waals surface area contributed by atoms with Crippen LogP contribution in [-0.4, -0.2) is 38.2 Å². The van der Waals surface area contributed by atoms with Gasteiger partial charge in [-0.15, -0.1) is 0 Å². The smallest absolute Gasteiger partial charge is 0.322 e. The molecule has 2 rings (SSSR count). The van der Waals surface area contributed by atoms with E-state index in [2.05, 4.69) is 4.90 Å². The topological polar surface area (TPSA) is 48.0 Å². The van der Waals surface area contributed by atoms with Crippen molar-refractivity contribution in [1.82, 2.24) is 4.90 Å². The van der Waals surface area contributed by atoms with Gasteiger partial charge in [0.15, 0.2) is 0 Å². The zero-order valence-electron chi connectivity index (χ0n) is 15.2. The molecule has 0 spiro atoms. The summed E-state index contributed by atoms with van der Waals surface area (Å²) >= 11 is 0. The minimum absolute atomic E-state index is 0.248. The molecule has 0 fully saturated rings. The van der Waals surface area contributed by atoms with Gasteiger partial charge in [0.1, 0.15) is 17.5 Å². The minimum atomic E-state index is -0.353. The third-order valence-electron chi connectivity index (χ3n) is 4.18. The van der Waals surface area contributed by atoms with Gasteiger partial charge in [-0.25, -0.2) is 0 Å². The van der Waals surface area contributed by atoms with E-state index in [1.165, 1.54) is 7.11 Å². The lowest BCUT2D eigenvalue weighted by Crippen LogP contribution is -2.38. The van der Waals surface area contributed by atoms with Crippen molar-refractivity contribution < 1.29 is 19.0 Å². The molecule has 0 N–H and O–H groups in total. The van der Waals surface area contributed by atoms with Crippen LogP contribution in [0, 0.1) is 0 Å². The van der Waals surface area contributed by atoms with Crippen LogP contribution in [0.3, 0.4) is 0 Å². The van der Waals surface area contributed by atoms with Gasteiger partial charge in [-0.05, 0) is 42.3 Å². The number of hydrogen-bond acceptors (Lipinski definition) is 5. The van der Waals surface area contributed by atoms with Crippen LogP contribution in [0.2, 0.25) is 0 Å².